The third-order valence-corrected chi connectivity index (χ3v) is 12.2. The lowest BCUT2D eigenvalue weighted by Gasteiger charge is -2.24. The Bertz CT molecular complexity index is 817. The van der Waals surface area contributed by atoms with Gasteiger partial charge in [-0.2, -0.15) is 0 Å². The summed E-state index contributed by atoms with van der Waals surface area (Å²) in [6.45, 7) is 4.63. The van der Waals surface area contributed by atoms with E-state index in [1.165, 1.54) is 128 Å². The van der Waals surface area contributed by atoms with Crippen LogP contribution in [0.1, 0.15) is 173 Å². The smallest absolute Gasteiger partial charge is 0.466 e. The molecule has 10 nitrogen and oxygen atoms in total. The molecule has 51 heavy (non-hydrogen) atoms. The van der Waals surface area contributed by atoms with Gasteiger partial charge in [0.15, 0.2) is 0 Å². The summed E-state index contributed by atoms with van der Waals surface area (Å²) in [6.07, 6.45) is 33.7. The number of amides is 1. The van der Waals surface area contributed by atoms with Gasteiger partial charge in [0, 0.05) is 39.9 Å². The molecule has 0 saturated carbocycles. The van der Waals surface area contributed by atoms with E-state index >= 15 is 0 Å². The van der Waals surface area contributed by atoms with Crippen molar-refractivity contribution in [1.29, 1.82) is 0 Å². The Balaban J connectivity index is 3.24. The molecule has 1 N–H and O–H groups in total. The van der Waals surface area contributed by atoms with Crippen molar-refractivity contribution in [2.45, 2.75) is 179 Å². The molecule has 0 aliphatic rings. The average Bonchev–Trinajstić information content (AvgIpc) is 3.14. The highest BCUT2D eigenvalue weighted by atomic mass is 28.4. The van der Waals surface area contributed by atoms with Gasteiger partial charge in [-0.15, -0.1) is 0 Å². The Labute approximate surface area is 313 Å². The third kappa shape index (κ3) is 33.6. The molecule has 0 spiro atoms. The van der Waals surface area contributed by atoms with Gasteiger partial charge in [-0.05, 0) is 25.7 Å². The van der Waals surface area contributed by atoms with Crippen molar-refractivity contribution in [2.75, 3.05) is 47.7 Å². The lowest BCUT2D eigenvalue weighted by atomic mass is 10.0. The second kappa shape index (κ2) is 37.8. The van der Waals surface area contributed by atoms with E-state index in [4.69, 9.17) is 27.5 Å². The Hall–Kier alpha value is -1.95. The molecule has 0 aromatic heterocycles. The molecule has 0 aliphatic heterocycles. The molecule has 0 heterocycles. The molecule has 300 valence electrons. The van der Waals surface area contributed by atoms with Crippen molar-refractivity contribution >= 4 is 26.8 Å². The molecule has 0 aromatic carbocycles. The summed E-state index contributed by atoms with van der Waals surface area (Å²) in [6, 6.07) is 0.713. The molecule has 1 amide bonds. The molecule has 0 fully saturated rings. The zero-order valence-corrected chi connectivity index (χ0v) is 34.1. The van der Waals surface area contributed by atoms with Crippen LogP contribution in [-0.4, -0.2) is 74.5 Å². The summed E-state index contributed by atoms with van der Waals surface area (Å²) >= 11 is 0. The quantitative estimate of drug-likeness (QED) is 0.0216. The van der Waals surface area contributed by atoms with Crippen LogP contribution in [0.25, 0.3) is 0 Å². The largest absolute Gasteiger partial charge is 0.500 e. The number of hydrogen-bond acceptors (Lipinski definition) is 9. The minimum absolute atomic E-state index is 0.104. The van der Waals surface area contributed by atoms with Gasteiger partial charge in [-0.25, -0.2) is 9.59 Å². The van der Waals surface area contributed by atoms with Crippen molar-refractivity contribution in [3.8, 4) is 0 Å². The first kappa shape index (κ1) is 49.0. The normalized spacial score (nSPS) is 11.4. The second-order valence-electron chi connectivity index (χ2n) is 13.6. The molecule has 0 unspecified atom stereocenters. The fraction of sp³-hybridized carbons (Fsp3) is 0.875. The van der Waals surface area contributed by atoms with E-state index in [-0.39, 0.29) is 19.1 Å². The summed E-state index contributed by atoms with van der Waals surface area (Å²) in [7, 11) is 2.31. The van der Waals surface area contributed by atoms with E-state index in [0.717, 1.165) is 44.6 Å². The number of rotatable bonds is 39. The van der Waals surface area contributed by atoms with Gasteiger partial charge in [0.1, 0.15) is 6.61 Å². The Morgan fingerprint density at radius 2 is 0.863 bits per heavy atom. The van der Waals surface area contributed by atoms with E-state index in [1.807, 2.05) is 0 Å². The topological polar surface area (TPSA) is 119 Å². The lowest BCUT2D eigenvalue weighted by molar-refractivity contribution is -0.144. The SMILES string of the molecule is C=CC(=O)OCCNC(=O)OCCCCCCCCCCCCCCCCCCCCCCCCCCOC(=O)CCCC[Si](OC)(OC)OC. The highest BCUT2D eigenvalue weighted by Gasteiger charge is 2.36. The Kier molecular flexibility index (Phi) is 36.3. The van der Waals surface area contributed by atoms with Gasteiger partial charge < -0.3 is 32.8 Å². The monoisotopic (exact) mass is 744 g/mol. The van der Waals surface area contributed by atoms with Crippen molar-refractivity contribution in [2.24, 2.45) is 0 Å². The molecule has 0 atom stereocenters. The van der Waals surface area contributed by atoms with Crippen molar-refractivity contribution in [3.63, 3.8) is 0 Å². The molecule has 0 bridgehead atoms. The predicted molar refractivity (Wildman–Crippen MR) is 208 cm³/mol. The zero-order chi connectivity index (χ0) is 37.5. The maximum atomic E-state index is 11.9. The molecule has 11 heteroatoms. The van der Waals surface area contributed by atoms with Crippen LogP contribution >= 0.6 is 0 Å². The minimum Gasteiger partial charge on any atom is -0.466 e. The first-order valence-corrected chi connectivity index (χ1v) is 22.4. The summed E-state index contributed by atoms with van der Waals surface area (Å²) in [4.78, 5) is 34.4. The van der Waals surface area contributed by atoms with Crippen LogP contribution in [0, 0.1) is 0 Å². The van der Waals surface area contributed by atoms with Crippen LogP contribution in [0.2, 0.25) is 6.04 Å². The first-order valence-electron chi connectivity index (χ1n) is 20.4. The highest BCUT2D eigenvalue weighted by molar-refractivity contribution is 6.60. The van der Waals surface area contributed by atoms with E-state index in [0.29, 0.717) is 25.7 Å². The van der Waals surface area contributed by atoms with Crippen molar-refractivity contribution < 1.29 is 41.9 Å². The van der Waals surface area contributed by atoms with Crippen molar-refractivity contribution in [1.82, 2.24) is 5.32 Å². The number of nitrogens with one attached hydrogen (secondary N) is 1. The molecule has 0 saturated heterocycles. The molecule has 0 radical (unpaired) electrons. The molecular weight excluding hydrogens is 667 g/mol. The fourth-order valence-corrected chi connectivity index (χ4v) is 7.89. The Morgan fingerprint density at radius 3 is 1.24 bits per heavy atom. The first-order chi connectivity index (χ1) is 24.9. The third-order valence-electron chi connectivity index (χ3n) is 9.36. The van der Waals surface area contributed by atoms with Crippen LogP contribution in [0.5, 0.6) is 0 Å². The number of ether oxygens (including phenoxy) is 3. The molecule has 0 aliphatic carbocycles. The van der Waals surface area contributed by atoms with E-state index in [9.17, 15) is 14.4 Å². The minimum atomic E-state index is -2.53. The van der Waals surface area contributed by atoms with Gasteiger partial charge in [0.25, 0.3) is 0 Å². The number of alkyl carbamates (subject to hydrolysis) is 1. The summed E-state index contributed by atoms with van der Waals surface area (Å²) in [5.74, 6) is -0.602. The zero-order valence-electron chi connectivity index (χ0n) is 33.1. The molecular formula is C40H77NO9Si. The summed E-state index contributed by atoms with van der Waals surface area (Å²) in [5.41, 5.74) is 0. The second-order valence-corrected chi connectivity index (χ2v) is 16.7. The van der Waals surface area contributed by atoms with E-state index in [1.54, 1.807) is 21.3 Å². The maximum Gasteiger partial charge on any atom is 0.500 e. The fourth-order valence-electron chi connectivity index (χ4n) is 6.10. The van der Waals surface area contributed by atoms with Gasteiger partial charge in [0.2, 0.25) is 0 Å². The number of hydrogen-bond donors (Lipinski definition) is 1. The van der Waals surface area contributed by atoms with Crippen molar-refractivity contribution in [3.05, 3.63) is 12.7 Å². The highest BCUT2D eigenvalue weighted by Crippen LogP contribution is 2.18. The Morgan fingerprint density at radius 1 is 0.490 bits per heavy atom. The summed E-state index contributed by atoms with van der Waals surface area (Å²) in [5, 5.41) is 2.56. The lowest BCUT2D eigenvalue weighted by Crippen LogP contribution is -2.42. The number of esters is 2. The summed E-state index contributed by atoms with van der Waals surface area (Å²) < 4.78 is 31.5. The van der Waals surface area contributed by atoms with E-state index in [2.05, 4.69) is 11.9 Å². The molecule has 0 rings (SSSR count). The van der Waals surface area contributed by atoms with E-state index < -0.39 is 20.9 Å². The predicted octanol–water partition coefficient (Wildman–Crippen LogP) is 10.4. The van der Waals surface area contributed by atoms with Gasteiger partial charge in [-0.3, -0.25) is 4.79 Å². The number of unbranched alkanes of at least 4 members (excludes halogenated alkanes) is 24. The van der Waals surface area contributed by atoms with Crippen LogP contribution in [0.3, 0.4) is 0 Å². The molecule has 0 aromatic rings. The average molecular weight is 744 g/mol. The van der Waals surface area contributed by atoms with Crippen LogP contribution in [0.15, 0.2) is 12.7 Å². The van der Waals surface area contributed by atoms with Crippen LogP contribution in [0.4, 0.5) is 4.79 Å². The number of carbonyl (C=O) groups is 3. The van der Waals surface area contributed by atoms with Gasteiger partial charge in [-0.1, -0.05) is 148 Å². The maximum absolute atomic E-state index is 11.9. The van der Waals surface area contributed by atoms with Gasteiger partial charge >= 0.3 is 26.8 Å². The van der Waals surface area contributed by atoms with Crippen LogP contribution < -0.4 is 5.32 Å². The van der Waals surface area contributed by atoms with Gasteiger partial charge in [0.05, 0.1) is 19.8 Å². The number of carbonyl (C=O) groups excluding carboxylic acids is 3. The van der Waals surface area contributed by atoms with Crippen LogP contribution in [-0.2, 0) is 37.1 Å². The standard InChI is InChI=1S/C40H77NO9Si/c1-5-38(42)49-36-33-41-40(44)50-35-30-27-25-23-21-19-17-15-13-11-9-7-6-8-10-12-14-16-18-20-22-24-26-29-34-48-39(43)32-28-31-37-51(45-2,46-3)47-4/h5H,1,6-37H2,2-4H3,(H,41,44).